The van der Waals surface area contributed by atoms with Crippen LogP contribution in [0.25, 0.3) is 15.6 Å². The second kappa shape index (κ2) is 9.34. The first-order chi connectivity index (χ1) is 15.5. The first-order valence-electron chi connectivity index (χ1n) is 11.1. The Morgan fingerprint density at radius 2 is 1.91 bits per heavy atom. The average molecular weight is 484 g/mol. The number of nitrogens with one attached hydrogen (secondary N) is 1. The second-order valence-electron chi connectivity index (χ2n) is 9.20. The summed E-state index contributed by atoms with van der Waals surface area (Å²) in [5, 5.41) is 24.9. The lowest BCUT2D eigenvalue weighted by molar-refractivity contribution is -0.0464. The zero-order valence-electron chi connectivity index (χ0n) is 18.5. The first kappa shape index (κ1) is 23.6. The van der Waals surface area contributed by atoms with Gasteiger partial charge in [0.1, 0.15) is 0 Å². The standard InChI is InChI=1S/C25H26ClN5O.ClH/c1-16-3-4-17(11-22(16)26)15-28-23-21-12-18(27-2)5-6-20(21)24(30-29-23)31-9-7-25(8-10-31)13-19(32)14-25;/h3-6,11-12,19,32H,7-10,13-15H2,1H3,(H,28,29);1H. The number of hydrogen-bond acceptors (Lipinski definition) is 5. The number of aromatic nitrogens is 2. The Morgan fingerprint density at radius 3 is 2.58 bits per heavy atom. The van der Waals surface area contributed by atoms with Crippen molar-refractivity contribution in [3.05, 3.63) is 64.0 Å². The Balaban J connectivity index is 0.00000259. The molecule has 6 nitrogen and oxygen atoms in total. The Morgan fingerprint density at radius 1 is 1.15 bits per heavy atom. The van der Waals surface area contributed by atoms with E-state index in [0.717, 1.165) is 71.5 Å². The fraction of sp³-hybridized carbons (Fsp3) is 0.400. The van der Waals surface area contributed by atoms with Crippen LogP contribution in [0.5, 0.6) is 0 Å². The SMILES string of the molecule is Cl.[C-]#[N+]c1ccc2c(N3CCC4(CC3)CC(O)C4)nnc(NCc3ccc(C)c(Cl)c3)c2c1. The van der Waals surface area contributed by atoms with E-state index in [1.54, 1.807) is 0 Å². The van der Waals surface area contributed by atoms with Crippen molar-refractivity contribution in [1.29, 1.82) is 0 Å². The van der Waals surface area contributed by atoms with Gasteiger partial charge in [0.2, 0.25) is 0 Å². The molecule has 0 bridgehead atoms. The van der Waals surface area contributed by atoms with Crippen molar-refractivity contribution in [1.82, 2.24) is 10.2 Å². The highest BCUT2D eigenvalue weighted by Crippen LogP contribution is 2.49. The monoisotopic (exact) mass is 483 g/mol. The van der Waals surface area contributed by atoms with Crippen LogP contribution in [0.3, 0.4) is 0 Å². The van der Waals surface area contributed by atoms with E-state index >= 15 is 0 Å². The lowest BCUT2D eigenvalue weighted by Gasteiger charge is -2.50. The summed E-state index contributed by atoms with van der Waals surface area (Å²) in [6.07, 6.45) is 3.87. The van der Waals surface area contributed by atoms with E-state index in [-0.39, 0.29) is 18.5 Å². The molecule has 2 fully saturated rings. The summed E-state index contributed by atoms with van der Waals surface area (Å²) in [5.41, 5.74) is 3.00. The molecule has 2 aromatic carbocycles. The van der Waals surface area contributed by atoms with Crippen LogP contribution < -0.4 is 10.2 Å². The third-order valence-electron chi connectivity index (χ3n) is 7.03. The largest absolute Gasteiger partial charge is 0.393 e. The molecule has 172 valence electrons. The predicted octanol–water partition coefficient (Wildman–Crippen LogP) is 5.92. The summed E-state index contributed by atoms with van der Waals surface area (Å²) in [4.78, 5) is 5.91. The Labute approximate surface area is 205 Å². The van der Waals surface area contributed by atoms with Gasteiger partial charge in [0.25, 0.3) is 0 Å². The van der Waals surface area contributed by atoms with Gasteiger partial charge in [-0.3, -0.25) is 0 Å². The number of hydrogen-bond donors (Lipinski definition) is 2. The van der Waals surface area contributed by atoms with Crippen LogP contribution in [0, 0.1) is 18.9 Å². The Kier molecular flexibility index (Phi) is 6.67. The van der Waals surface area contributed by atoms with Crippen molar-refractivity contribution >= 4 is 52.1 Å². The van der Waals surface area contributed by atoms with Gasteiger partial charge in [-0.1, -0.05) is 35.9 Å². The second-order valence-corrected chi connectivity index (χ2v) is 9.61. The summed E-state index contributed by atoms with van der Waals surface area (Å²) in [6, 6.07) is 11.7. The number of aliphatic hydroxyl groups excluding tert-OH is 1. The number of aliphatic hydroxyl groups is 1. The molecule has 33 heavy (non-hydrogen) atoms. The summed E-state index contributed by atoms with van der Waals surface area (Å²) in [7, 11) is 0. The van der Waals surface area contributed by atoms with Crippen molar-refractivity contribution in [2.75, 3.05) is 23.3 Å². The highest BCUT2D eigenvalue weighted by atomic mass is 35.5. The van der Waals surface area contributed by atoms with E-state index in [9.17, 15) is 5.11 Å². The average Bonchev–Trinajstić information content (AvgIpc) is 2.79. The van der Waals surface area contributed by atoms with Gasteiger partial charge in [0.05, 0.1) is 12.7 Å². The van der Waals surface area contributed by atoms with Crippen molar-refractivity contribution in [2.45, 2.75) is 45.3 Å². The lowest BCUT2D eigenvalue weighted by atomic mass is 9.61. The molecule has 1 saturated heterocycles. The maximum absolute atomic E-state index is 9.76. The van der Waals surface area contributed by atoms with E-state index in [0.29, 0.717) is 23.5 Å². The van der Waals surface area contributed by atoms with Crippen LogP contribution in [0.2, 0.25) is 5.02 Å². The van der Waals surface area contributed by atoms with E-state index in [1.807, 2.05) is 43.3 Å². The normalized spacial score (nSPS) is 17.3. The molecular weight excluding hydrogens is 457 g/mol. The number of rotatable bonds is 4. The van der Waals surface area contributed by atoms with E-state index in [4.69, 9.17) is 18.2 Å². The number of anilines is 2. The number of aryl methyl sites for hydroxylation is 1. The number of benzene rings is 2. The van der Waals surface area contributed by atoms with Gasteiger partial charge in [-0.2, -0.15) is 0 Å². The topological polar surface area (TPSA) is 65.6 Å². The fourth-order valence-corrected chi connectivity index (χ4v) is 5.24. The molecule has 0 unspecified atom stereocenters. The molecule has 2 aliphatic rings. The minimum absolute atomic E-state index is 0. The predicted molar refractivity (Wildman–Crippen MR) is 136 cm³/mol. The molecule has 0 radical (unpaired) electrons. The third-order valence-corrected chi connectivity index (χ3v) is 7.44. The van der Waals surface area contributed by atoms with E-state index < -0.39 is 0 Å². The summed E-state index contributed by atoms with van der Waals surface area (Å²) < 4.78 is 0. The highest BCUT2D eigenvalue weighted by Gasteiger charge is 2.45. The molecule has 1 aromatic heterocycles. The Hall–Kier alpha value is -2.59. The number of halogens is 2. The minimum Gasteiger partial charge on any atom is -0.393 e. The molecule has 2 heterocycles. The molecule has 0 amide bonds. The van der Waals surface area contributed by atoms with Crippen LogP contribution >= 0.6 is 24.0 Å². The zero-order chi connectivity index (χ0) is 22.3. The molecule has 1 aliphatic heterocycles. The van der Waals surface area contributed by atoms with E-state index in [1.165, 1.54) is 0 Å². The molecule has 3 aromatic rings. The van der Waals surface area contributed by atoms with Crippen molar-refractivity contribution in [3.63, 3.8) is 0 Å². The van der Waals surface area contributed by atoms with Crippen LogP contribution in [0.15, 0.2) is 36.4 Å². The molecule has 1 aliphatic carbocycles. The lowest BCUT2D eigenvalue weighted by Crippen LogP contribution is -2.49. The maximum Gasteiger partial charge on any atom is 0.188 e. The molecule has 5 rings (SSSR count). The third kappa shape index (κ3) is 4.59. The van der Waals surface area contributed by atoms with Gasteiger partial charge in [-0.05, 0) is 61.3 Å². The van der Waals surface area contributed by atoms with Crippen LogP contribution in [-0.4, -0.2) is 34.5 Å². The minimum atomic E-state index is -0.122. The first-order valence-corrected chi connectivity index (χ1v) is 11.4. The molecule has 8 heteroatoms. The van der Waals surface area contributed by atoms with Crippen molar-refractivity contribution < 1.29 is 5.11 Å². The molecular formula is C25H27Cl2N5O. The quantitative estimate of drug-likeness (QED) is 0.451. The van der Waals surface area contributed by atoms with Gasteiger partial charge in [0, 0.05) is 35.4 Å². The number of piperidine rings is 1. The number of fused-ring (bicyclic) bond motifs is 1. The van der Waals surface area contributed by atoms with Crippen LogP contribution in [0.4, 0.5) is 17.3 Å². The van der Waals surface area contributed by atoms with Crippen molar-refractivity contribution in [2.24, 2.45) is 5.41 Å². The van der Waals surface area contributed by atoms with Gasteiger partial charge in [-0.15, -0.1) is 22.6 Å². The van der Waals surface area contributed by atoms with Gasteiger partial charge in [-0.25, -0.2) is 4.85 Å². The highest BCUT2D eigenvalue weighted by molar-refractivity contribution is 6.31. The summed E-state index contributed by atoms with van der Waals surface area (Å²) in [6.45, 7) is 11.8. The van der Waals surface area contributed by atoms with Crippen LogP contribution in [-0.2, 0) is 6.54 Å². The van der Waals surface area contributed by atoms with Gasteiger partial charge < -0.3 is 15.3 Å². The zero-order valence-corrected chi connectivity index (χ0v) is 20.1. The summed E-state index contributed by atoms with van der Waals surface area (Å²) >= 11 is 6.27. The van der Waals surface area contributed by atoms with Gasteiger partial charge in [0.15, 0.2) is 17.3 Å². The molecule has 0 atom stereocenters. The smallest absolute Gasteiger partial charge is 0.188 e. The molecule has 1 saturated carbocycles. The van der Waals surface area contributed by atoms with E-state index in [2.05, 4.69) is 25.3 Å². The van der Waals surface area contributed by atoms with Gasteiger partial charge >= 0.3 is 0 Å². The van der Waals surface area contributed by atoms with Crippen molar-refractivity contribution in [3.8, 4) is 0 Å². The van der Waals surface area contributed by atoms with Crippen LogP contribution in [0.1, 0.15) is 36.8 Å². The maximum atomic E-state index is 9.76. The molecule has 2 N–H and O–H groups in total. The Bertz CT molecular complexity index is 1210. The summed E-state index contributed by atoms with van der Waals surface area (Å²) in [5.74, 6) is 1.54. The fourth-order valence-electron chi connectivity index (χ4n) is 5.04. The molecule has 1 spiro atoms. The number of nitrogens with zero attached hydrogens (tertiary/aromatic N) is 4.